The molecule has 3 heteroatoms. The fraction of sp³-hybridized carbons (Fsp3) is 0.875. The Hall–Kier alpha value is -0.590. The lowest BCUT2D eigenvalue weighted by Crippen LogP contribution is -2.50. The van der Waals surface area contributed by atoms with Gasteiger partial charge in [0.1, 0.15) is 6.04 Å². The average Bonchev–Trinajstić information content (AvgIpc) is 2.05. The molecule has 0 bridgehead atoms. The van der Waals surface area contributed by atoms with Gasteiger partial charge in [-0.3, -0.25) is 9.80 Å². The standard InChI is InChI=1S/C8H15N3/c1-3-11-5-4-10(2)8(6-9)7-11/h8H,3-5,7H2,1-2H3. The summed E-state index contributed by atoms with van der Waals surface area (Å²) >= 11 is 0. The van der Waals surface area contributed by atoms with Gasteiger partial charge < -0.3 is 0 Å². The first-order chi connectivity index (χ1) is 5.27. The number of nitrogens with zero attached hydrogens (tertiary/aromatic N) is 3. The van der Waals surface area contributed by atoms with E-state index in [-0.39, 0.29) is 6.04 Å². The Morgan fingerprint density at radius 3 is 2.82 bits per heavy atom. The van der Waals surface area contributed by atoms with Gasteiger partial charge >= 0.3 is 0 Å². The van der Waals surface area contributed by atoms with Crippen molar-refractivity contribution in [2.24, 2.45) is 0 Å². The number of nitriles is 1. The van der Waals surface area contributed by atoms with Crippen LogP contribution >= 0.6 is 0 Å². The number of piperazine rings is 1. The summed E-state index contributed by atoms with van der Waals surface area (Å²) in [6.45, 7) is 6.23. The van der Waals surface area contributed by atoms with Crippen molar-refractivity contribution in [3.8, 4) is 6.07 Å². The largest absolute Gasteiger partial charge is 0.300 e. The maximum absolute atomic E-state index is 8.76. The van der Waals surface area contributed by atoms with Crippen LogP contribution < -0.4 is 0 Å². The van der Waals surface area contributed by atoms with Gasteiger partial charge in [0.25, 0.3) is 0 Å². The Bertz CT molecular complexity index is 161. The van der Waals surface area contributed by atoms with Crippen LogP contribution in [0.5, 0.6) is 0 Å². The van der Waals surface area contributed by atoms with Crippen LogP contribution in [-0.2, 0) is 0 Å². The minimum atomic E-state index is 0.101. The van der Waals surface area contributed by atoms with E-state index in [0.717, 1.165) is 26.2 Å². The Morgan fingerprint density at radius 2 is 2.27 bits per heavy atom. The fourth-order valence-corrected chi connectivity index (χ4v) is 1.36. The van der Waals surface area contributed by atoms with Crippen molar-refractivity contribution in [3.63, 3.8) is 0 Å². The van der Waals surface area contributed by atoms with Crippen LogP contribution in [0.4, 0.5) is 0 Å². The quantitative estimate of drug-likeness (QED) is 0.537. The van der Waals surface area contributed by atoms with Crippen molar-refractivity contribution >= 4 is 0 Å². The summed E-state index contributed by atoms with van der Waals surface area (Å²) in [5, 5.41) is 8.76. The van der Waals surface area contributed by atoms with Gasteiger partial charge in [0.15, 0.2) is 0 Å². The Morgan fingerprint density at radius 1 is 1.55 bits per heavy atom. The summed E-state index contributed by atoms with van der Waals surface area (Å²) in [5.41, 5.74) is 0. The molecule has 0 aromatic heterocycles. The zero-order valence-electron chi connectivity index (χ0n) is 7.25. The molecule has 1 atom stereocenters. The number of hydrogen-bond donors (Lipinski definition) is 0. The molecule has 0 amide bonds. The predicted octanol–water partition coefficient (Wildman–Crippen LogP) is 0.146. The van der Waals surface area contributed by atoms with Gasteiger partial charge in [-0.1, -0.05) is 6.92 Å². The normalized spacial score (nSPS) is 28.3. The van der Waals surface area contributed by atoms with Crippen molar-refractivity contribution in [2.75, 3.05) is 33.2 Å². The summed E-state index contributed by atoms with van der Waals surface area (Å²) in [7, 11) is 2.01. The van der Waals surface area contributed by atoms with E-state index >= 15 is 0 Å². The van der Waals surface area contributed by atoms with Crippen molar-refractivity contribution in [2.45, 2.75) is 13.0 Å². The van der Waals surface area contributed by atoms with Crippen LogP contribution in [0, 0.1) is 11.3 Å². The van der Waals surface area contributed by atoms with E-state index in [0.29, 0.717) is 0 Å². The minimum Gasteiger partial charge on any atom is -0.300 e. The van der Waals surface area contributed by atoms with Gasteiger partial charge in [0.2, 0.25) is 0 Å². The molecular formula is C8H15N3. The first-order valence-electron chi connectivity index (χ1n) is 4.10. The van der Waals surface area contributed by atoms with E-state index in [2.05, 4.69) is 22.8 Å². The first kappa shape index (κ1) is 8.51. The van der Waals surface area contributed by atoms with Crippen LogP contribution in [0.3, 0.4) is 0 Å². The highest BCUT2D eigenvalue weighted by atomic mass is 15.3. The van der Waals surface area contributed by atoms with Crippen LogP contribution in [0.1, 0.15) is 6.92 Å². The molecule has 1 saturated heterocycles. The Labute approximate surface area is 68.2 Å². The molecule has 0 aliphatic carbocycles. The van der Waals surface area contributed by atoms with Gasteiger partial charge in [0, 0.05) is 19.6 Å². The lowest BCUT2D eigenvalue weighted by atomic mass is 10.2. The van der Waals surface area contributed by atoms with Crippen LogP contribution in [0.25, 0.3) is 0 Å². The van der Waals surface area contributed by atoms with E-state index in [9.17, 15) is 0 Å². The second-order valence-electron chi connectivity index (χ2n) is 3.02. The molecule has 0 saturated carbocycles. The molecule has 11 heavy (non-hydrogen) atoms. The smallest absolute Gasteiger partial charge is 0.110 e. The lowest BCUT2D eigenvalue weighted by Gasteiger charge is -2.35. The van der Waals surface area contributed by atoms with E-state index < -0.39 is 0 Å². The molecule has 62 valence electrons. The van der Waals surface area contributed by atoms with E-state index in [1.807, 2.05) is 7.05 Å². The van der Waals surface area contributed by atoms with Crippen LogP contribution in [0.15, 0.2) is 0 Å². The van der Waals surface area contributed by atoms with Crippen LogP contribution in [0.2, 0.25) is 0 Å². The third kappa shape index (κ3) is 1.92. The molecule has 1 unspecified atom stereocenters. The maximum Gasteiger partial charge on any atom is 0.110 e. The molecule has 0 aromatic carbocycles. The Kier molecular flexibility index (Phi) is 2.86. The van der Waals surface area contributed by atoms with Gasteiger partial charge in [0.05, 0.1) is 6.07 Å². The zero-order chi connectivity index (χ0) is 8.27. The molecule has 0 spiro atoms. The van der Waals surface area contributed by atoms with Crippen molar-refractivity contribution < 1.29 is 0 Å². The maximum atomic E-state index is 8.76. The molecule has 0 N–H and O–H groups in total. The summed E-state index contributed by atoms with van der Waals surface area (Å²) in [5.74, 6) is 0. The molecular weight excluding hydrogens is 138 g/mol. The second-order valence-corrected chi connectivity index (χ2v) is 3.02. The zero-order valence-corrected chi connectivity index (χ0v) is 7.25. The van der Waals surface area contributed by atoms with Crippen LogP contribution in [-0.4, -0.2) is 49.1 Å². The van der Waals surface area contributed by atoms with E-state index in [1.165, 1.54) is 0 Å². The van der Waals surface area contributed by atoms with Crippen molar-refractivity contribution in [1.29, 1.82) is 5.26 Å². The molecule has 0 aromatic rings. The molecule has 1 fully saturated rings. The second kappa shape index (κ2) is 3.70. The van der Waals surface area contributed by atoms with Gasteiger partial charge in [-0.15, -0.1) is 0 Å². The summed E-state index contributed by atoms with van der Waals surface area (Å²) in [4.78, 5) is 4.43. The highest BCUT2D eigenvalue weighted by Gasteiger charge is 2.22. The molecule has 1 aliphatic heterocycles. The molecule has 1 heterocycles. The monoisotopic (exact) mass is 153 g/mol. The lowest BCUT2D eigenvalue weighted by molar-refractivity contribution is 0.127. The highest BCUT2D eigenvalue weighted by Crippen LogP contribution is 2.05. The predicted molar refractivity (Wildman–Crippen MR) is 44.1 cm³/mol. The number of likely N-dealkylation sites (N-methyl/N-ethyl adjacent to an activating group) is 2. The molecule has 1 rings (SSSR count). The minimum absolute atomic E-state index is 0.101. The number of rotatable bonds is 1. The topological polar surface area (TPSA) is 30.3 Å². The van der Waals surface area contributed by atoms with Crippen molar-refractivity contribution in [1.82, 2.24) is 9.80 Å². The average molecular weight is 153 g/mol. The van der Waals surface area contributed by atoms with Gasteiger partial charge in [-0.05, 0) is 13.6 Å². The Balaban J connectivity index is 2.46. The van der Waals surface area contributed by atoms with Crippen molar-refractivity contribution in [3.05, 3.63) is 0 Å². The molecule has 0 radical (unpaired) electrons. The third-order valence-corrected chi connectivity index (χ3v) is 2.33. The summed E-state index contributed by atoms with van der Waals surface area (Å²) in [6, 6.07) is 2.40. The molecule has 1 aliphatic rings. The SMILES string of the molecule is CCN1CCN(C)C(C#N)C1. The summed E-state index contributed by atoms with van der Waals surface area (Å²) < 4.78 is 0. The summed E-state index contributed by atoms with van der Waals surface area (Å²) in [6.07, 6.45) is 0. The van der Waals surface area contributed by atoms with Gasteiger partial charge in [-0.25, -0.2) is 0 Å². The fourth-order valence-electron chi connectivity index (χ4n) is 1.36. The van der Waals surface area contributed by atoms with Gasteiger partial charge in [-0.2, -0.15) is 5.26 Å². The van der Waals surface area contributed by atoms with E-state index in [1.54, 1.807) is 0 Å². The number of hydrogen-bond acceptors (Lipinski definition) is 3. The first-order valence-corrected chi connectivity index (χ1v) is 4.10. The third-order valence-electron chi connectivity index (χ3n) is 2.33. The highest BCUT2D eigenvalue weighted by molar-refractivity contribution is 4.95. The van der Waals surface area contributed by atoms with E-state index in [4.69, 9.17) is 5.26 Å². The molecule has 3 nitrogen and oxygen atoms in total.